The number of imidazole rings is 1. The van der Waals surface area contributed by atoms with Crippen molar-refractivity contribution in [2.45, 2.75) is 32.1 Å². The highest BCUT2D eigenvalue weighted by Crippen LogP contribution is 2.33. The molecule has 0 spiro atoms. The molecule has 158 valence electrons. The van der Waals surface area contributed by atoms with Crippen molar-refractivity contribution in [3.8, 4) is 11.3 Å². The highest BCUT2D eigenvalue weighted by molar-refractivity contribution is 9.10. The molecule has 0 amide bonds. The molecular formula is C27H28BrN3. The van der Waals surface area contributed by atoms with Crippen LogP contribution in [-0.2, 0) is 6.42 Å². The van der Waals surface area contributed by atoms with Crippen LogP contribution in [0.5, 0.6) is 0 Å². The Bertz CT molecular complexity index is 1160. The number of piperidine rings is 1. The van der Waals surface area contributed by atoms with Gasteiger partial charge < -0.3 is 9.30 Å². The molecular weight excluding hydrogens is 446 g/mol. The average molecular weight is 474 g/mol. The number of fused-ring (bicyclic) bond motifs is 1. The molecule has 2 aromatic heterocycles. The third kappa shape index (κ3) is 4.46. The Labute approximate surface area is 192 Å². The van der Waals surface area contributed by atoms with Gasteiger partial charge in [-0.05, 0) is 74.7 Å². The molecule has 0 unspecified atom stereocenters. The molecule has 1 fully saturated rings. The summed E-state index contributed by atoms with van der Waals surface area (Å²) in [7, 11) is 0. The van der Waals surface area contributed by atoms with Crippen LogP contribution in [0, 0.1) is 6.92 Å². The summed E-state index contributed by atoms with van der Waals surface area (Å²) in [4.78, 5) is 7.80. The Hall–Kier alpha value is -2.43. The maximum absolute atomic E-state index is 5.19. The quantitative estimate of drug-likeness (QED) is 0.329. The van der Waals surface area contributed by atoms with E-state index in [1.54, 1.807) is 0 Å². The molecule has 4 heteroatoms. The number of likely N-dealkylation sites (tertiary alicyclic amines) is 1. The van der Waals surface area contributed by atoms with Gasteiger partial charge in [-0.25, -0.2) is 4.98 Å². The molecule has 3 heterocycles. The minimum Gasteiger partial charge on any atom is -0.303 e. The van der Waals surface area contributed by atoms with E-state index in [0.29, 0.717) is 5.92 Å². The van der Waals surface area contributed by atoms with E-state index in [0.717, 1.165) is 36.2 Å². The van der Waals surface area contributed by atoms with Crippen molar-refractivity contribution in [2.75, 3.05) is 19.6 Å². The van der Waals surface area contributed by atoms with E-state index >= 15 is 0 Å². The van der Waals surface area contributed by atoms with Crippen molar-refractivity contribution in [2.24, 2.45) is 0 Å². The monoisotopic (exact) mass is 473 g/mol. The van der Waals surface area contributed by atoms with Crippen LogP contribution in [0.3, 0.4) is 0 Å². The molecule has 3 nitrogen and oxygen atoms in total. The SMILES string of the molecule is Cc1ccn2c(C3CCN(CCc4ccc(Br)cc4)CC3)nc(-c3ccccc3)c2c1. The molecule has 0 radical (unpaired) electrons. The molecule has 4 aromatic rings. The molecule has 31 heavy (non-hydrogen) atoms. The van der Waals surface area contributed by atoms with Crippen molar-refractivity contribution >= 4 is 21.4 Å². The minimum atomic E-state index is 0.511. The second kappa shape index (κ2) is 8.97. The van der Waals surface area contributed by atoms with Gasteiger partial charge in [0.2, 0.25) is 0 Å². The van der Waals surface area contributed by atoms with Gasteiger partial charge in [0.15, 0.2) is 0 Å². The Kier molecular flexibility index (Phi) is 5.93. The zero-order valence-electron chi connectivity index (χ0n) is 18.0. The summed E-state index contributed by atoms with van der Waals surface area (Å²) < 4.78 is 3.48. The predicted octanol–water partition coefficient (Wildman–Crippen LogP) is 6.49. The molecule has 2 aromatic carbocycles. The molecule has 0 N–H and O–H groups in total. The first kappa shape index (κ1) is 20.5. The number of hydrogen-bond donors (Lipinski definition) is 0. The lowest BCUT2D eigenvalue weighted by Crippen LogP contribution is -2.34. The number of aryl methyl sites for hydroxylation is 1. The smallest absolute Gasteiger partial charge is 0.117 e. The largest absolute Gasteiger partial charge is 0.303 e. The minimum absolute atomic E-state index is 0.511. The number of benzene rings is 2. The Balaban J connectivity index is 1.32. The number of aromatic nitrogens is 2. The van der Waals surface area contributed by atoms with Gasteiger partial charge in [-0.3, -0.25) is 0 Å². The van der Waals surface area contributed by atoms with Gasteiger partial charge in [-0.2, -0.15) is 0 Å². The van der Waals surface area contributed by atoms with Gasteiger partial charge in [0.1, 0.15) is 5.82 Å². The lowest BCUT2D eigenvalue weighted by atomic mass is 9.95. The number of halogens is 1. The Morgan fingerprint density at radius 1 is 0.968 bits per heavy atom. The van der Waals surface area contributed by atoms with Crippen molar-refractivity contribution < 1.29 is 0 Å². The highest BCUT2D eigenvalue weighted by atomic mass is 79.9. The third-order valence-corrected chi connectivity index (χ3v) is 6.98. The molecule has 0 saturated carbocycles. The first-order valence-corrected chi connectivity index (χ1v) is 12.0. The van der Waals surface area contributed by atoms with Crippen LogP contribution in [0.25, 0.3) is 16.8 Å². The molecule has 1 aliphatic rings. The zero-order chi connectivity index (χ0) is 21.2. The van der Waals surface area contributed by atoms with Crippen LogP contribution in [0.15, 0.2) is 77.4 Å². The van der Waals surface area contributed by atoms with E-state index in [1.807, 2.05) is 0 Å². The summed E-state index contributed by atoms with van der Waals surface area (Å²) in [5.41, 5.74) is 6.21. The van der Waals surface area contributed by atoms with Gasteiger partial charge >= 0.3 is 0 Å². The summed E-state index contributed by atoms with van der Waals surface area (Å²) in [5.74, 6) is 1.73. The van der Waals surface area contributed by atoms with E-state index in [9.17, 15) is 0 Å². The summed E-state index contributed by atoms with van der Waals surface area (Å²) in [5, 5.41) is 0. The maximum Gasteiger partial charge on any atom is 0.117 e. The van der Waals surface area contributed by atoms with E-state index in [4.69, 9.17) is 4.98 Å². The van der Waals surface area contributed by atoms with Gasteiger partial charge in [0.05, 0.1) is 11.2 Å². The van der Waals surface area contributed by atoms with Gasteiger partial charge in [-0.15, -0.1) is 0 Å². The van der Waals surface area contributed by atoms with Crippen molar-refractivity contribution in [1.82, 2.24) is 14.3 Å². The number of pyridine rings is 1. The first-order valence-electron chi connectivity index (χ1n) is 11.2. The second-order valence-corrected chi connectivity index (χ2v) is 9.55. The van der Waals surface area contributed by atoms with Gasteiger partial charge in [0.25, 0.3) is 0 Å². The second-order valence-electron chi connectivity index (χ2n) is 8.64. The van der Waals surface area contributed by atoms with Crippen molar-refractivity contribution in [3.63, 3.8) is 0 Å². The molecule has 5 rings (SSSR count). The summed E-state index contributed by atoms with van der Waals surface area (Å²) in [6.45, 7) is 5.57. The number of nitrogens with zero attached hydrogens (tertiary/aromatic N) is 3. The van der Waals surface area contributed by atoms with E-state index in [1.165, 1.54) is 40.9 Å². The molecule has 1 saturated heterocycles. The summed E-state index contributed by atoms with van der Waals surface area (Å²) in [6, 6.07) is 23.8. The molecule has 0 atom stereocenters. The van der Waals surface area contributed by atoms with Gasteiger partial charge in [-0.1, -0.05) is 58.4 Å². The van der Waals surface area contributed by atoms with E-state index in [-0.39, 0.29) is 0 Å². The lowest BCUT2D eigenvalue weighted by Gasteiger charge is -2.31. The topological polar surface area (TPSA) is 20.5 Å². The van der Waals surface area contributed by atoms with Crippen LogP contribution >= 0.6 is 15.9 Å². The predicted molar refractivity (Wildman–Crippen MR) is 132 cm³/mol. The van der Waals surface area contributed by atoms with Crippen LogP contribution in [0.2, 0.25) is 0 Å². The zero-order valence-corrected chi connectivity index (χ0v) is 19.6. The molecule has 0 aliphatic carbocycles. The maximum atomic E-state index is 5.19. The first-order chi connectivity index (χ1) is 15.2. The van der Waals surface area contributed by atoms with Crippen LogP contribution in [-0.4, -0.2) is 33.9 Å². The highest BCUT2D eigenvalue weighted by Gasteiger charge is 2.25. The van der Waals surface area contributed by atoms with Gasteiger partial charge in [0, 0.05) is 28.7 Å². The Morgan fingerprint density at radius 3 is 2.45 bits per heavy atom. The fourth-order valence-electron chi connectivity index (χ4n) is 4.66. The van der Waals surface area contributed by atoms with Crippen molar-refractivity contribution in [1.29, 1.82) is 0 Å². The standard InChI is InChI=1S/C27H28BrN3/c1-20-11-18-31-25(19-20)26(22-5-3-2-4-6-22)29-27(31)23-13-16-30(17-14-23)15-12-21-7-9-24(28)10-8-21/h2-11,18-19,23H,12-17H2,1H3. The summed E-state index contributed by atoms with van der Waals surface area (Å²) in [6.07, 6.45) is 5.66. The molecule has 0 bridgehead atoms. The third-order valence-electron chi connectivity index (χ3n) is 6.46. The lowest BCUT2D eigenvalue weighted by molar-refractivity contribution is 0.211. The fraction of sp³-hybridized carbons (Fsp3) is 0.296. The number of rotatable bonds is 5. The summed E-state index contributed by atoms with van der Waals surface area (Å²) >= 11 is 3.52. The normalized spacial score (nSPS) is 15.5. The average Bonchev–Trinajstić information content (AvgIpc) is 3.18. The van der Waals surface area contributed by atoms with Crippen LogP contribution in [0.4, 0.5) is 0 Å². The molecule has 1 aliphatic heterocycles. The van der Waals surface area contributed by atoms with Crippen molar-refractivity contribution in [3.05, 3.63) is 94.4 Å². The Morgan fingerprint density at radius 2 is 1.71 bits per heavy atom. The van der Waals surface area contributed by atoms with E-state index < -0.39 is 0 Å². The fourth-order valence-corrected chi connectivity index (χ4v) is 4.93. The van der Waals surface area contributed by atoms with E-state index in [2.05, 4.69) is 105 Å². The number of hydrogen-bond acceptors (Lipinski definition) is 2. The van der Waals surface area contributed by atoms with Crippen LogP contribution < -0.4 is 0 Å². The van der Waals surface area contributed by atoms with Crippen LogP contribution in [0.1, 0.15) is 35.7 Å².